The Bertz CT molecular complexity index is 1070. The first kappa shape index (κ1) is 21.8. The van der Waals surface area contributed by atoms with Gasteiger partial charge in [-0.05, 0) is 55.3 Å². The van der Waals surface area contributed by atoms with Gasteiger partial charge in [-0.25, -0.2) is 0 Å². The molecular weight excluding hydrogens is 400 g/mol. The highest BCUT2D eigenvalue weighted by Crippen LogP contribution is 2.32. The van der Waals surface area contributed by atoms with Gasteiger partial charge < -0.3 is 15.2 Å². The van der Waals surface area contributed by atoms with Crippen molar-refractivity contribution in [2.24, 2.45) is 10.9 Å². The number of rotatable bonds is 6. The molecule has 3 rings (SSSR count). The number of pyridine rings is 1. The van der Waals surface area contributed by atoms with Crippen molar-refractivity contribution in [3.05, 3.63) is 40.4 Å². The Morgan fingerprint density at radius 3 is 2.77 bits per heavy atom. The van der Waals surface area contributed by atoms with Crippen LogP contribution in [0.15, 0.2) is 34.3 Å². The van der Waals surface area contributed by atoms with Crippen molar-refractivity contribution in [3.63, 3.8) is 0 Å². The minimum Gasteiger partial charge on any atom is -0.489 e. The number of nitriles is 1. The van der Waals surface area contributed by atoms with E-state index >= 15 is 0 Å². The number of aliphatic imine (C=N–C) groups is 1. The number of fused-ring (bicyclic) bond motifs is 1. The van der Waals surface area contributed by atoms with E-state index in [0.29, 0.717) is 26.9 Å². The van der Waals surface area contributed by atoms with Crippen LogP contribution in [0.25, 0.3) is 17.0 Å². The minimum absolute atomic E-state index is 0.0752. The zero-order chi connectivity index (χ0) is 21.8. The molecule has 156 valence electrons. The Balaban J connectivity index is 1.97. The maximum atomic E-state index is 12.4. The monoisotopic (exact) mass is 424 g/mol. The number of hydrogen-bond acceptors (Lipinski definition) is 7. The van der Waals surface area contributed by atoms with Crippen LogP contribution in [0.4, 0.5) is 0 Å². The first-order valence-electron chi connectivity index (χ1n) is 9.71. The summed E-state index contributed by atoms with van der Waals surface area (Å²) < 4.78 is 5.88. The predicted molar refractivity (Wildman–Crippen MR) is 119 cm³/mol. The molecule has 2 aromatic rings. The molecule has 30 heavy (non-hydrogen) atoms. The van der Waals surface area contributed by atoms with Gasteiger partial charge in [-0.2, -0.15) is 5.26 Å². The van der Waals surface area contributed by atoms with Gasteiger partial charge in [-0.1, -0.05) is 19.9 Å². The molecule has 0 radical (unpaired) electrons. The number of hydrogen-bond donors (Lipinski definition) is 2. The Kier molecular flexibility index (Phi) is 6.75. The highest BCUT2D eigenvalue weighted by atomic mass is 32.2. The number of amidine groups is 1. The van der Waals surface area contributed by atoms with Gasteiger partial charge in [0.15, 0.2) is 5.17 Å². The molecule has 2 N–H and O–H groups in total. The molecule has 1 aromatic carbocycles. The van der Waals surface area contributed by atoms with Crippen LogP contribution in [0.3, 0.4) is 0 Å². The molecular formula is C22H24N4O3S. The van der Waals surface area contributed by atoms with Crippen molar-refractivity contribution < 1.29 is 14.6 Å². The van der Waals surface area contributed by atoms with Gasteiger partial charge in [-0.15, -0.1) is 0 Å². The number of carbonyl (C=O) groups is 1. The second kappa shape index (κ2) is 9.28. The number of amides is 1. The summed E-state index contributed by atoms with van der Waals surface area (Å²) in [6.45, 7) is 7.66. The molecule has 1 fully saturated rings. The van der Waals surface area contributed by atoms with E-state index in [0.717, 1.165) is 10.9 Å². The molecule has 0 aliphatic carbocycles. The van der Waals surface area contributed by atoms with Crippen molar-refractivity contribution in [2.45, 2.75) is 39.8 Å². The van der Waals surface area contributed by atoms with Crippen molar-refractivity contribution >= 4 is 39.8 Å². The van der Waals surface area contributed by atoms with E-state index in [1.807, 2.05) is 45.9 Å². The number of nitrogens with one attached hydrogen (secondary N) is 1. The first-order chi connectivity index (χ1) is 14.3. The fourth-order valence-electron chi connectivity index (χ4n) is 2.91. The third kappa shape index (κ3) is 4.81. The second-order valence-electron chi connectivity index (χ2n) is 7.55. The summed E-state index contributed by atoms with van der Waals surface area (Å²) in [5.41, 5.74) is 1.86. The van der Waals surface area contributed by atoms with E-state index in [1.165, 1.54) is 18.0 Å². The number of benzene rings is 1. The number of thioether (sulfide) groups is 1. The van der Waals surface area contributed by atoms with Crippen molar-refractivity contribution in [1.82, 2.24) is 10.3 Å². The topological polar surface area (TPSA) is 108 Å². The van der Waals surface area contributed by atoms with Crippen LogP contribution in [0, 0.1) is 17.2 Å². The highest BCUT2D eigenvalue weighted by molar-refractivity contribution is 8.18. The molecule has 0 saturated carbocycles. The molecule has 7 nitrogen and oxygen atoms in total. The number of aliphatic hydroxyl groups is 1. The average Bonchev–Trinajstić information content (AvgIpc) is 3.04. The van der Waals surface area contributed by atoms with Crippen molar-refractivity contribution in [3.8, 4) is 11.8 Å². The van der Waals surface area contributed by atoms with Crippen LogP contribution in [0.2, 0.25) is 0 Å². The molecule has 0 bridgehead atoms. The maximum absolute atomic E-state index is 12.4. The minimum atomic E-state index is -0.265. The fourth-order valence-corrected chi connectivity index (χ4v) is 3.79. The first-order valence-corrected chi connectivity index (χ1v) is 10.5. The number of aromatic nitrogens is 1. The van der Waals surface area contributed by atoms with Crippen molar-refractivity contribution in [2.75, 3.05) is 6.61 Å². The van der Waals surface area contributed by atoms with Gasteiger partial charge in [0.05, 0.1) is 29.2 Å². The van der Waals surface area contributed by atoms with E-state index in [2.05, 4.69) is 21.4 Å². The lowest BCUT2D eigenvalue weighted by Crippen LogP contribution is -2.25. The SMILES string of the molecule is CC(C)Oc1c(C#N)cnc2ccc(/C=C3/SC(=N[C@@H](CO)C(C)C)NC3=O)cc12. The van der Waals surface area contributed by atoms with E-state index in [-0.39, 0.29) is 30.6 Å². The zero-order valence-corrected chi connectivity index (χ0v) is 18.2. The number of ether oxygens (including phenoxy) is 1. The standard InChI is InChI=1S/C22H24N4O3S/c1-12(2)18(11-27)25-22-26-21(28)19(30-22)8-14-5-6-17-16(7-14)20(29-13(3)4)15(9-23)10-24-17/h5-8,10,12-13,18,27H,11H2,1-4H3,(H,25,26,28)/b19-8+/t18-/m0/s1. The fraction of sp³-hybridized carbons (Fsp3) is 0.364. The van der Waals surface area contributed by atoms with E-state index in [9.17, 15) is 15.2 Å². The van der Waals surface area contributed by atoms with Crippen LogP contribution in [0.5, 0.6) is 5.75 Å². The lowest BCUT2D eigenvalue weighted by molar-refractivity contribution is -0.115. The smallest absolute Gasteiger partial charge is 0.264 e. The summed E-state index contributed by atoms with van der Waals surface area (Å²) in [6, 6.07) is 7.42. The lowest BCUT2D eigenvalue weighted by atomic mass is 10.1. The molecule has 0 unspecified atom stereocenters. The average molecular weight is 425 g/mol. The summed E-state index contributed by atoms with van der Waals surface area (Å²) in [7, 11) is 0. The molecule has 1 aromatic heterocycles. The Hall–Kier alpha value is -2.89. The summed E-state index contributed by atoms with van der Waals surface area (Å²) in [4.78, 5) is 21.7. The van der Waals surface area contributed by atoms with Crippen LogP contribution >= 0.6 is 11.8 Å². The molecule has 1 aliphatic heterocycles. The van der Waals surface area contributed by atoms with Gasteiger partial charge in [0, 0.05) is 11.6 Å². The van der Waals surface area contributed by atoms with Gasteiger partial charge >= 0.3 is 0 Å². The Morgan fingerprint density at radius 2 is 2.13 bits per heavy atom. The van der Waals surface area contributed by atoms with Crippen molar-refractivity contribution in [1.29, 1.82) is 5.26 Å². The van der Waals surface area contributed by atoms with Gasteiger partial charge in [0.1, 0.15) is 17.4 Å². The van der Waals surface area contributed by atoms with Crippen LogP contribution in [-0.2, 0) is 4.79 Å². The number of nitrogens with zero attached hydrogens (tertiary/aromatic N) is 3. The highest BCUT2D eigenvalue weighted by Gasteiger charge is 2.25. The normalized spacial score (nSPS) is 17.7. The molecule has 1 amide bonds. The largest absolute Gasteiger partial charge is 0.489 e. The summed E-state index contributed by atoms with van der Waals surface area (Å²) >= 11 is 1.24. The zero-order valence-electron chi connectivity index (χ0n) is 17.3. The molecule has 1 aliphatic rings. The molecule has 0 spiro atoms. The molecule has 1 atom stereocenters. The summed E-state index contributed by atoms with van der Waals surface area (Å²) in [5, 5.41) is 22.8. The van der Waals surface area contributed by atoms with E-state index in [1.54, 1.807) is 6.08 Å². The molecule has 1 saturated heterocycles. The lowest BCUT2D eigenvalue weighted by Gasteiger charge is -2.14. The quantitative estimate of drug-likeness (QED) is 0.688. The molecule has 2 heterocycles. The Labute approximate surface area is 179 Å². The van der Waals surface area contributed by atoms with E-state index < -0.39 is 0 Å². The third-order valence-electron chi connectivity index (χ3n) is 4.50. The Morgan fingerprint density at radius 1 is 1.37 bits per heavy atom. The maximum Gasteiger partial charge on any atom is 0.264 e. The number of carbonyl (C=O) groups excluding carboxylic acids is 1. The van der Waals surface area contributed by atoms with Gasteiger partial charge in [0.25, 0.3) is 5.91 Å². The van der Waals surface area contributed by atoms with Gasteiger partial charge in [0.2, 0.25) is 0 Å². The third-order valence-corrected chi connectivity index (χ3v) is 5.43. The summed E-state index contributed by atoms with van der Waals surface area (Å²) in [5.74, 6) is 0.419. The summed E-state index contributed by atoms with van der Waals surface area (Å²) in [6.07, 6.45) is 3.18. The van der Waals surface area contributed by atoms with E-state index in [4.69, 9.17) is 4.74 Å². The second-order valence-corrected chi connectivity index (χ2v) is 8.58. The van der Waals surface area contributed by atoms with Gasteiger partial charge in [-0.3, -0.25) is 14.8 Å². The predicted octanol–water partition coefficient (Wildman–Crippen LogP) is 3.47. The van der Waals surface area contributed by atoms with Crippen LogP contribution in [-0.4, -0.2) is 39.9 Å². The number of aliphatic hydroxyl groups excluding tert-OH is 1. The van der Waals surface area contributed by atoms with Crippen LogP contribution < -0.4 is 10.1 Å². The molecule has 8 heteroatoms. The van der Waals surface area contributed by atoms with Crippen LogP contribution in [0.1, 0.15) is 38.8 Å².